The predicted molar refractivity (Wildman–Crippen MR) is 120 cm³/mol. The summed E-state index contributed by atoms with van der Waals surface area (Å²) in [7, 11) is 0. The maximum absolute atomic E-state index is 11.6. The van der Waals surface area contributed by atoms with Crippen LogP contribution in [0.4, 0.5) is 17.2 Å². The molecule has 1 aliphatic rings. The maximum Gasteiger partial charge on any atom is 0.293 e. The minimum absolute atomic E-state index is 0.0138. The van der Waals surface area contributed by atoms with Gasteiger partial charge in [-0.05, 0) is 24.1 Å². The minimum atomic E-state index is -0.383. The van der Waals surface area contributed by atoms with Gasteiger partial charge in [0.05, 0.1) is 23.7 Å². The van der Waals surface area contributed by atoms with Gasteiger partial charge in [0.25, 0.3) is 5.69 Å². The molecule has 0 amide bonds. The van der Waals surface area contributed by atoms with Crippen LogP contribution in [0.1, 0.15) is 18.1 Å². The minimum Gasteiger partial charge on any atom is -0.380 e. The Labute approximate surface area is 180 Å². The Bertz CT molecular complexity index is 1070. The summed E-state index contributed by atoms with van der Waals surface area (Å²) >= 11 is 0. The lowest BCUT2D eigenvalue weighted by atomic mass is 10.1. The lowest BCUT2D eigenvalue weighted by Crippen LogP contribution is -2.35. The van der Waals surface area contributed by atoms with Gasteiger partial charge in [0, 0.05) is 44.2 Å². The Morgan fingerprint density at radius 2 is 1.90 bits per heavy atom. The first-order valence-electron chi connectivity index (χ1n) is 10.4. The second-order valence-electron chi connectivity index (χ2n) is 7.41. The van der Waals surface area contributed by atoms with Gasteiger partial charge >= 0.3 is 0 Å². The molecule has 4 rings (SSSR count). The van der Waals surface area contributed by atoms with Gasteiger partial charge in [-0.2, -0.15) is 0 Å². The number of benzene rings is 2. The van der Waals surface area contributed by atoms with Crippen LogP contribution in [0.25, 0.3) is 10.9 Å². The third-order valence-corrected chi connectivity index (χ3v) is 5.38. The van der Waals surface area contributed by atoms with Gasteiger partial charge in [-0.25, -0.2) is 9.97 Å². The van der Waals surface area contributed by atoms with Crippen molar-refractivity contribution in [2.45, 2.75) is 20.0 Å². The van der Waals surface area contributed by atoms with E-state index >= 15 is 0 Å². The topological polar surface area (TPSA) is 105 Å². The summed E-state index contributed by atoms with van der Waals surface area (Å²) in [6.07, 6.45) is 1.48. The van der Waals surface area contributed by atoms with Crippen LogP contribution in [-0.2, 0) is 17.8 Å². The van der Waals surface area contributed by atoms with E-state index in [-0.39, 0.29) is 10.6 Å². The number of hydrogen-bond acceptors (Lipinski definition) is 8. The Morgan fingerprint density at radius 3 is 2.65 bits per heavy atom. The van der Waals surface area contributed by atoms with Crippen molar-refractivity contribution in [2.75, 3.05) is 43.5 Å². The van der Waals surface area contributed by atoms with Crippen LogP contribution in [-0.4, -0.2) is 52.6 Å². The average molecular weight is 422 g/mol. The molecular formula is C22H26N6O3. The summed E-state index contributed by atoms with van der Waals surface area (Å²) in [5.74, 6) is 0.581. The van der Waals surface area contributed by atoms with Crippen molar-refractivity contribution in [3.63, 3.8) is 0 Å². The summed E-state index contributed by atoms with van der Waals surface area (Å²) in [5, 5.41) is 18.6. The first-order valence-corrected chi connectivity index (χ1v) is 10.4. The molecule has 1 aliphatic heterocycles. The number of nitro benzene ring substituents is 1. The quantitative estimate of drug-likeness (QED) is 0.420. The molecule has 0 saturated carbocycles. The molecule has 2 heterocycles. The SMILES string of the molecule is CCNc1cc2ncnc(NCc3ccccc3CN3CCOCC3)c2cc1[N+](=O)[O-]. The molecule has 1 saturated heterocycles. The van der Waals surface area contributed by atoms with Gasteiger partial charge in [0.1, 0.15) is 17.8 Å². The van der Waals surface area contributed by atoms with Crippen LogP contribution in [0.2, 0.25) is 0 Å². The molecule has 9 nitrogen and oxygen atoms in total. The molecule has 0 spiro atoms. The Hall–Kier alpha value is -3.30. The first-order chi connectivity index (χ1) is 15.2. The lowest BCUT2D eigenvalue weighted by molar-refractivity contribution is -0.383. The molecule has 3 aromatic rings. The number of nitrogens with one attached hydrogen (secondary N) is 2. The number of rotatable bonds is 8. The van der Waals surface area contributed by atoms with Crippen molar-refractivity contribution in [3.05, 3.63) is 64.0 Å². The van der Waals surface area contributed by atoms with E-state index in [1.165, 1.54) is 23.5 Å². The molecular weight excluding hydrogens is 396 g/mol. The van der Waals surface area contributed by atoms with E-state index in [0.29, 0.717) is 35.5 Å². The molecule has 1 fully saturated rings. The summed E-state index contributed by atoms with van der Waals surface area (Å²) in [6.45, 7) is 7.30. The Morgan fingerprint density at radius 1 is 1.13 bits per heavy atom. The number of anilines is 2. The molecule has 0 aliphatic carbocycles. The fourth-order valence-corrected chi connectivity index (χ4v) is 3.78. The molecule has 2 aromatic carbocycles. The van der Waals surface area contributed by atoms with Crippen LogP contribution in [0, 0.1) is 10.1 Å². The highest BCUT2D eigenvalue weighted by Gasteiger charge is 2.18. The standard InChI is InChI=1S/C22H26N6O3/c1-2-23-20-12-19-18(11-21(20)28(29)30)22(26-15-25-19)24-13-16-5-3-4-6-17(16)14-27-7-9-31-10-8-27/h3-6,11-12,15,23H,2,7-10,13-14H2,1H3,(H,24,25,26). The third kappa shape index (κ3) is 4.89. The second-order valence-corrected chi connectivity index (χ2v) is 7.41. The van der Waals surface area contributed by atoms with Gasteiger partial charge in [-0.15, -0.1) is 0 Å². The number of nitro groups is 1. The van der Waals surface area contributed by atoms with Crippen LogP contribution < -0.4 is 10.6 Å². The second kappa shape index (κ2) is 9.67. The number of morpholine rings is 1. The molecule has 1 aromatic heterocycles. The highest BCUT2D eigenvalue weighted by Crippen LogP contribution is 2.32. The molecule has 31 heavy (non-hydrogen) atoms. The first kappa shape index (κ1) is 21.0. The van der Waals surface area contributed by atoms with E-state index in [0.717, 1.165) is 32.8 Å². The largest absolute Gasteiger partial charge is 0.380 e. The third-order valence-electron chi connectivity index (χ3n) is 5.38. The highest BCUT2D eigenvalue weighted by atomic mass is 16.6. The van der Waals surface area contributed by atoms with Crippen molar-refractivity contribution >= 4 is 28.1 Å². The zero-order chi connectivity index (χ0) is 21.6. The average Bonchev–Trinajstić information content (AvgIpc) is 2.79. The van der Waals surface area contributed by atoms with Crippen molar-refractivity contribution in [3.8, 4) is 0 Å². The number of ether oxygens (including phenoxy) is 1. The molecule has 0 bridgehead atoms. The zero-order valence-electron chi connectivity index (χ0n) is 17.5. The van der Waals surface area contributed by atoms with E-state index in [9.17, 15) is 10.1 Å². The van der Waals surface area contributed by atoms with Crippen molar-refractivity contribution in [2.24, 2.45) is 0 Å². The fraction of sp³-hybridized carbons (Fsp3) is 0.364. The zero-order valence-corrected chi connectivity index (χ0v) is 17.5. The van der Waals surface area contributed by atoms with Gasteiger partial charge < -0.3 is 15.4 Å². The van der Waals surface area contributed by atoms with Crippen molar-refractivity contribution < 1.29 is 9.66 Å². The summed E-state index contributed by atoms with van der Waals surface area (Å²) < 4.78 is 5.44. The highest BCUT2D eigenvalue weighted by molar-refractivity contribution is 5.94. The van der Waals surface area contributed by atoms with Gasteiger partial charge in [-0.3, -0.25) is 15.0 Å². The summed E-state index contributed by atoms with van der Waals surface area (Å²) in [4.78, 5) is 22.2. The number of hydrogen-bond donors (Lipinski definition) is 2. The van der Waals surface area contributed by atoms with Gasteiger partial charge in [0.15, 0.2) is 0 Å². The molecule has 162 valence electrons. The summed E-state index contributed by atoms with van der Waals surface area (Å²) in [6, 6.07) is 11.5. The predicted octanol–water partition coefficient (Wildman–Crippen LogP) is 3.41. The van der Waals surface area contributed by atoms with E-state index in [2.05, 4.69) is 37.6 Å². The van der Waals surface area contributed by atoms with Crippen LogP contribution in [0.3, 0.4) is 0 Å². The van der Waals surface area contributed by atoms with Crippen LogP contribution in [0.15, 0.2) is 42.7 Å². The van der Waals surface area contributed by atoms with E-state index < -0.39 is 0 Å². The number of aromatic nitrogens is 2. The van der Waals surface area contributed by atoms with Crippen LogP contribution >= 0.6 is 0 Å². The smallest absolute Gasteiger partial charge is 0.293 e. The monoisotopic (exact) mass is 422 g/mol. The summed E-state index contributed by atoms with van der Waals surface area (Å²) in [5.41, 5.74) is 3.54. The maximum atomic E-state index is 11.6. The molecule has 0 atom stereocenters. The fourth-order valence-electron chi connectivity index (χ4n) is 3.78. The van der Waals surface area contributed by atoms with Gasteiger partial charge in [0.2, 0.25) is 0 Å². The molecule has 0 unspecified atom stereocenters. The van der Waals surface area contributed by atoms with Gasteiger partial charge in [-0.1, -0.05) is 24.3 Å². The molecule has 2 N–H and O–H groups in total. The van der Waals surface area contributed by atoms with Crippen LogP contribution in [0.5, 0.6) is 0 Å². The van der Waals surface area contributed by atoms with E-state index in [4.69, 9.17) is 4.74 Å². The lowest BCUT2D eigenvalue weighted by Gasteiger charge is -2.27. The normalized spacial score (nSPS) is 14.5. The van der Waals surface area contributed by atoms with Crippen molar-refractivity contribution in [1.82, 2.24) is 14.9 Å². The van der Waals surface area contributed by atoms with E-state index in [1.54, 1.807) is 6.07 Å². The number of fused-ring (bicyclic) bond motifs is 1. The molecule has 9 heteroatoms. The van der Waals surface area contributed by atoms with Crippen molar-refractivity contribution in [1.29, 1.82) is 0 Å². The molecule has 0 radical (unpaired) electrons. The Balaban J connectivity index is 1.58. The number of nitrogens with zero attached hydrogens (tertiary/aromatic N) is 4. The Kier molecular flexibility index (Phi) is 6.54. The van der Waals surface area contributed by atoms with E-state index in [1.807, 2.05) is 19.1 Å².